The number of likely N-dealkylation sites (tertiary alicyclic amines) is 1. The molecule has 2 aliphatic heterocycles. The van der Waals surface area contributed by atoms with Gasteiger partial charge in [0.25, 0.3) is 11.8 Å². The van der Waals surface area contributed by atoms with Gasteiger partial charge in [0.15, 0.2) is 5.78 Å². The molecule has 93 heavy (non-hydrogen) atoms. The molecule has 4 rings (SSSR count). The van der Waals surface area contributed by atoms with Crippen molar-refractivity contribution in [2.24, 2.45) is 35.3 Å². The van der Waals surface area contributed by atoms with Gasteiger partial charge in [0.05, 0.1) is 43.2 Å². The van der Waals surface area contributed by atoms with Crippen LogP contribution in [0.5, 0.6) is 0 Å². The van der Waals surface area contributed by atoms with Gasteiger partial charge in [0, 0.05) is 77.8 Å². The smallest absolute Gasteiger partial charge is 0.410 e. The van der Waals surface area contributed by atoms with Gasteiger partial charge in [-0.3, -0.25) is 57.7 Å². The monoisotopic (exact) mass is 1300 g/mol. The van der Waals surface area contributed by atoms with Crippen LogP contribution >= 0.6 is 0 Å². The Labute approximate surface area is 547 Å². The van der Waals surface area contributed by atoms with Gasteiger partial charge >= 0.3 is 12.1 Å². The maximum atomic E-state index is 14.8. The number of methoxy groups -OCH3 is 2. The first-order valence-corrected chi connectivity index (χ1v) is 32.3. The highest BCUT2D eigenvalue weighted by Crippen LogP contribution is 2.30. The van der Waals surface area contributed by atoms with Gasteiger partial charge in [-0.25, -0.2) is 9.59 Å². The molecule has 1 saturated heterocycles. The molecule has 0 radical (unpaired) electrons. The van der Waals surface area contributed by atoms with E-state index in [0.29, 0.717) is 61.9 Å². The van der Waals surface area contributed by atoms with Crippen LogP contribution in [0.15, 0.2) is 66.7 Å². The fourth-order valence-corrected chi connectivity index (χ4v) is 11.7. The second-order valence-corrected chi connectivity index (χ2v) is 25.1. The SMILES string of the molecule is CC[C@H](C)[C@@H]([C@@H](CC(=O)N1CCC[C@H]1[C@H](OC)[C@@H](C)C(=O)NCC(=O)c1ccccc1)OC)N(C)C(=O)[C@@H](NC(=O)[C@H](C(C)C)N(C)C(=O)OCc1ccc(NC(=O)[C@H](CCCNC(N)=O)NC(=O)[C@@H](NC(=O)CCCCCN2C(=O)C=CC2=O)C(C)C)cc1)C(C)C. The molecular weight excluding hydrogens is 1200 g/mol. The number of nitrogens with two attached hydrogens (primary N) is 1. The van der Waals surface area contributed by atoms with Crippen molar-refractivity contribution < 1.29 is 71.7 Å². The zero-order valence-electron chi connectivity index (χ0n) is 56.5. The average Bonchev–Trinajstić information content (AvgIpc) is 1.83. The lowest BCUT2D eigenvalue weighted by atomic mass is 9.89. The number of nitrogens with one attached hydrogen (secondary N) is 6. The third-order valence-electron chi connectivity index (χ3n) is 17.3. The first-order valence-electron chi connectivity index (χ1n) is 32.3. The summed E-state index contributed by atoms with van der Waals surface area (Å²) >= 11 is 0. The summed E-state index contributed by atoms with van der Waals surface area (Å²) in [6.45, 7) is 16.6. The number of primary amides is 1. The second-order valence-electron chi connectivity index (χ2n) is 25.1. The van der Waals surface area contributed by atoms with E-state index in [1.54, 1.807) is 115 Å². The van der Waals surface area contributed by atoms with E-state index in [-0.39, 0.29) is 93.2 Å². The van der Waals surface area contributed by atoms with Crippen molar-refractivity contribution in [2.45, 2.75) is 182 Å². The molecule has 8 N–H and O–H groups in total. The van der Waals surface area contributed by atoms with E-state index in [1.807, 2.05) is 13.8 Å². The molecule has 0 bridgehead atoms. The quantitative estimate of drug-likeness (QED) is 0.0269. The van der Waals surface area contributed by atoms with Crippen LogP contribution in [0.1, 0.15) is 142 Å². The number of rotatable bonds is 38. The number of urea groups is 1. The van der Waals surface area contributed by atoms with Crippen LogP contribution in [0.25, 0.3) is 0 Å². The lowest BCUT2D eigenvalue weighted by Crippen LogP contribution is -2.60. The van der Waals surface area contributed by atoms with E-state index in [0.717, 1.165) is 4.90 Å². The minimum absolute atomic E-state index is 0.0830. The van der Waals surface area contributed by atoms with Crippen molar-refractivity contribution in [1.29, 1.82) is 0 Å². The van der Waals surface area contributed by atoms with Crippen LogP contribution in [0, 0.1) is 29.6 Å². The van der Waals surface area contributed by atoms with E-state index in [4.69, 9.17) is 19.9 Å². The summed E-state index contributed by atoms with van der Waals surface area (Å²) in [5.41, 5.74) is 6.57. The van der Waals surface area contributed by atoms with Crippen molar-refractivity contribution in [3.8, 4) is 0 Å². The number of carbonyl (C=O) groups is 12. The molecule has 0 saturated carbocycles. The zero-order valence-corrected chi connectivity index (χ0v) is 56.5. The fraction of sp³-hybridized carbons (Fsp3) is 0.612. The van der Waals surface area contributed by atoms with Gasteiger partial charge in [-0.1, -0.05) is 118 Å². The molecule has 0 aliphatic carbocycles. The number of hydrogen-bond donors (Lipinski definition) is 7. The predicted molar refractivity (Wildman–Crippen MR) is 348 cm³/mol. The Morgan fingerprint density at radius 2 is 1.34 bits per heavy atom. The molecule has 0 unspecified atom stereocenters. The Hall–Kier alpha value is -8.26. The number of unbranched alkanes of at least 4 members (excludes halogenated alkanes) is 2. The number of ketones is 1. The Kier molecular flexibility index (Phi) is 31.6. The summed E-state index contributed by atoms with van der Waals surface area (Å²) in [6.07, 6.45) is 3.81. The number of ether oxygens (including phenoxy) is 3. The molecule has 10 atom stereocenters. The molecule has 2 aromatic rings. The van der Waals surface area contributed by atoms with Crippen LogP contribution < -0.4 is 37.6 Å². The second kappa shape index (κ2) is 38.1. The zero-order chi connectivity index (χ0) is 69.2. The normalized spacial score (nSPS) is 16.7. The number of amides is 12. The molecular formula is C67H101N11O15. The van der Waals surface area contributed by atoms with E-state index in [1.165, 1.54) is 43.2 Å². The van der Waals surface area contributed by atoms with Crippen LogP contribution in [0.4, 0.5) is 15.3 Å². The van der Waals surface area contributed by atoms with Crippen LogP contribution in [-0.2, 0) is 64.0 Å². The van der Waals surface area contributed by atoms with Crippen molar-refractivity contribution in [3.05, 3.63) is 77.9 Å². The molecule has 1 fully saturated rings. The van der Waals surface area contributed by atoms with Gasteiger partial charge in [-0.2, -0.15) is 0 Å². The number of Topliss-reactive ketones (excluding diaryl/α,β-unsaturated/α-hetero) is 1. The summed E-state index contributed by atoms with van der Waals surface area (Å²) in [6, 6.07) is 8.91. The summed E-state index contributed by atoms with van der Waals surface area (Å²) in [4.78, 5) is 165. The third-order valence-corrected chi connectivity index (χ3v) is 17.3. The topological polar surface area (TPSA) is 344 Å². The maximum absolute atomic E-state index is 14.8. The van der Waals surface area contributed by atoms with Crippen molar-refractivity contribution in [3.63, 3.8) is 0 Å². The number of imide groups is 1. The molecule has 26 nitrogen and oxygen atoms in total. The summed E-state index contributed by atoms with van der Waals surface area (Å²) in [5.74, 6) is -6.38. The molecule has 0 aromatic heterocycles. The summed E-state index contributed by atoms with van der Waals surface area (Å²) in [5, 5.41) is 16.4. The first-order chi connectivity index (χ1) is 44.1. The molecule has 514 valence electrons. The van der Waals surface area contributed by atoms with Gasteiger partial charge < -0.3 is 61.6 Å². The Balaban J connectivity index is 1.37. The predicted octanol–water partition coefficient (Wildman–Crippen LogP) is 4.84. The van der Waals surface area contributed by atoms with Crippen LogP contribution in [0.2, 0.25) is 0 Å². The molecule has 2 heterocycles. The van der Waals surface area contributed by atoms with Crippen molar-refractivity contribution >= 4 is 76.8 Å². The molecule has 0 spiro atoms. The number of anilines is 1. The van der Waals surface area contributed by atoms with E-state index >= 15 is 0 Å². The maximum Gasteiger partial charge on any atom is 0.410 e. The average molecular weight is 1300 g/mol. The lowest BCUT2D eigenvalue weighted by molar-refractivity contribution is -0.148. The Morgan fingerprint density at radius 3 is 1.92 bits per heavy atom. The van der Waals surface area contributed by atoms with Gasteiger partial charge in [0.1, 0.15) is 30.8 Å². The van der Waals surface area contributed by atoms with Gasteiger partial charge in [0.2, 0.25) is 41.4 Å². The number of carbonyl (C=O) groups excluding carboxylic acids is 12. The first kappa shape index (κ1) is 77.2. The highest BCUT2D eigenvalue weighted by atomic mass is 16.6. The number of nitrogens with zero attached hydrogens (tertiary/aromatic N) is 4. The molecule has 26 heteroatoms. The van der Waals surface area contributed by atoms with E-state index < -0.39 is 108 Å². The molecule has 12 amide bonds. The van der Waals surface area contributed by atoms with E-state index in [2.05, 4.69) is 31.9 Å². The number of hydrogen-bond acceptors (Lipinski definition) is 15. The third kappa shape index (κ3) is 23.1. The van der Waals surface area contributed by atoms with Crippen LogP contribution in [-0.4, -0.2) is 194 Å². The highest BCUT2D eigenvalue weighted by molar-refractivity contribution is 6.12. The van der Waals surface area contributed by atoms with Gasteiger partial charge in [-0.15, -0.1) is 0 Å². The highest BCUT2D eigenvalue weighted by Gasteiger charge is 2.44. The van der Waals surface area contributed by atoms with Crippen molar-refractivity contribution in [2.75, 3.05) is 59.8 Å². The molecule has 2 aromatic carbocycles. The Morgan fingerprint density at radius 1 is 0.699 bits per heavy atom. The lowest BCUT2D eigenvalue weighted by Gasteiger charge is -2.41. The number of benzene rings is 2. The summed E-state index contributed by atoms with van der Waals surface area (Å²) in [7, 11) is 6.04. The minimum atomic E-state index is -1.11. The standard InChI is InChI=1S/C67H101N11O15/c1-14-43(8)59(51(91-12)37-55(83)77-36-22-26-49(77)60(92-13)44(9)61(84)70-38-50(79)46-23-17-15-18-24-46)75(10)65(88)57(41(4)5)74-64(87)58(42(6)7)76(11)67(90)93-39-45-28-30-47(31-29-45)71-62(85)48(25-21-34-69-66(68)89)72-63(86)56(40(2)3)73-52(80)27-19-16-20-35-78-53(81)32-33-54(78)82/h15,17-18,23-24,28-33,40-44,48-49,51,56-60H,14,16,19-22,25-27,34-39H2,1-13H3,(H,70,84)(H,71,85)(H,72,86)(H,73,80)(H,74,87)(H3,68,69,89)/t43-,44+,48-,49-,51+,56-,57-,58-,59-,60+/m0/s1. The van der Waals surface area contributed by atoms with E-state index in [9.17, 15) is 57.5 Å². The number of likely N-dealkylation sites (N-methyl/N-ethyl adjacent to an activating group) is 2. The molecule has 2 aliphatic rings. The minimum Gasteiger partial charge on any atom is -0.445 e. The van der Waals surface area contributed by atoms with Crippen LogP contribution in [0.3, 0.4) is 0 Å². The largest absolute Gasteiger partial charge is 0.445 e. The summed E-state index contributed by atoms with van der Waals surface area (Å²) < 4.78 is 17.7. The Bertz CT molecular complexity index is 2890. The van der Waals surface area contributed by atoms with Gasteiger partial charge in [-0.05, 0) is 79.9 Å². The fourth-order valence-electron chi connectivity index (χ4n) is 11.7. The van der Waals surface area contributed by atoms with Crippen molar-refractivity contribution in [1.82, 2.24) is 46.2 Å².